The molecule has 1 amide bonds. The Morgan fingerprint density at radius 1 is 0.960 bits per heavy atom. The number of hydrogen-bond donors (Lipinski definition) is 1. The maximum absolute atomic E-state index is 12.3. The van der Waals surface area contributed by atoms with E-state index in [9.17, 15) is 9.59 Å². The Labute approximate surface area is 144 Å². The second-order valence-corrected chi connectivity index (χ2v) is 5.34. The van der Waals surface area contributed by atoms with Crippen LogP contribution in [-0.4, -0.2) is 25.2 Å². The Balaban J connectivity index is 1.71. The van der Waals surface area contributed by atoms with Gasteiger partial charge in [-0.25, -0.2) is 10.2 Å². The molecular formula is C20H16N2O3. The van der Waals surface area contributed by atoms with Gasteiger partial charge in [0.15, 0.2) is 0 Å². The predicted molar refractivity (Wildman–Crippen MR) is 96.8 cm³/mol. The molecule has 5 nitrogen and oxygen atoms in total. The van der Waals surface area contributed by atoms with Crippen LogP contribution in [0.2, 0.25) is 0 Å². The summed E-state index contributed by atoms with van der Waals surface area (Å²) in [6, 6.07) is 20.0. The molecule has 0 aliphatic carbocycles. The van der Waals surface area contributed by atoms with Gasteiger partial charge in [-0.3, -0.25) is 4.79 Å². The number of ether oxygens (including phenoxy) is 1. The fourth-order valence-electron chi connectivity index (χ4n) is 2.47. The Morgan fingerprint density at radius 2 is 1.68 bits per heavy atom. The molecule has 0 aliphatic heterocycles. The van der Waals surface area contributed by atoms with Gasteiger partial charge in [0, 0.05) is 5.56 Å². The Bertz CT molecular complexity index is 941. The highest BCUT2D eigenvalue weighted by molar-refractivity contribution is 6.07. The minimum absolute atomic E-state index is 0.278. The van der Waals surface area contributed by atoms with Crippen LogP contribution in [0.25, 0.3) is 10.8 Å². The molecule has 0 fully saturated rings. The average molecular weight is 332 g/mol. The van der Waals surface area contributed by atoms with Crippen LogP contribution < -0.4 is 5.43 Å². The molecule has 0 spiro atoms. The molecule has 0 aromatic heterocycles. The van der Waals surface area contributed by atoms with E-state index in [1.54, 1.807) is 30.3 Å². The lowest BCUT2D eigenvalue weighted by Crippen LogP contribution is -2.17. The van der Waals surface area contributed by atoms with Crippen molar-refractivity contribution >= 4 is 28.9 Å². The first-order valence-corrected chi connectivity index (χ1v) is 7.68. The van der Waals surface area contributed by atoms with Gasteiger partial charge in [0.2, 0.25) is 0 Å². The van der Waals surface area contributed by atoms with Crippen molar-refractivity contribution < 1.29 is 14.3 Å². The quantitative estimate of drug-likeness (QED) is 0.452. The van der Waals surface area contributed by atoms with Gasteiger partial charge in [0.25, 0.3) is 5.91 Å². The number of amides is 1. The number of esters is 1. The highest BCUT2D eigenvalue weighted by atomic mass is 16.5. The average Bonchev–Trinajstić information content (AvgIpc) is 2.67. The van der Waals surface area contributed by atoms with Gasteiger partial charge in [-0.1, -0.05) is 48.5 Å². The molecular weight excluding hydrogens is 316 g/mol. The molecule has 0 saturated heterocycles. The van der Waals surface area contributed by atoms with Gasteiger partial charge in [-0.2, -0.15) is 5.10 Å². The zero-order chi connectivity index (χ0) is 17.6. The zero-order valence-electron chi connectivity index (χ0n) is 13.6. The van der Waals surface area contributed by atoms with E-state index in [0.29, 0.717) is 11.1 Å². The van der Waals surface area contributed by atoms with Crippen molar-refractivity contribution in [1.82, 2.24) is 5.43 Å². The number of benzene rings is 3. The molecule has 0 saturated carbocycles. The van der Waals surface area contributed by atoms with E-state index in [1.807, 2.05) is 36.4 Å². The van der Waals surface area contributed by atoms with E-state index >= 15 is 0 Å². The van der Waals surface area contributed by atoms with E-state index in [4.69, 9.17) is 0 Å². The van der Waals surface area contributed by atoms with Crippen LogP contribution in [0.15, 0.2) is 71.8 Å². The minimum atomic E-state index is -0.396. The monoisotopic (exact) mass is 332 g/mol. The molecule has 0 radical (unpaired) electrons. The van der Waals surface area contributed by atoms with Crippen molar-refractivity contribution in [3.8, 4) is 0 Å². The second-order valence-electron chi connectivity index (χ2n) is 5.34. The van der Waals surface area contributed by atoms with Crippen LogP contribution in [0.3, 0.4) is 0 Å². The van der Waals surface area contributed by atoms with E-state index < -0.39 is 5.97 Å². The first-order chi connectivity index (χ1) is 12.2. The number of hydrazone groups is 1. The number of rotatable bonds is 4. The van der Waals surface area contributed by atoms with Gasteiger partial charge < -0.3 is 4.74 Å². The summed E-state index contributed by atoms with van der Waals surface area (Å²) in [6.45, 7) is 0. The van der Waals surface area contributed by atoms with E-state index in [-0.39, 0.29) is 5.91 Å². The van der Waals surface area contributed by atoms with Crippen molar-refractivity contribution in [1.29, 1.82) is 0 Å². The number of methoxy groups -OCH3 is 1. The summed E-state index contributed by atoms with van der Waals surface area (Å²) in [5.41, 5.74) is 4.31. The summed E-state index contributed by atoms with van der Waals surface area (Å²) in [4.78, 5) is 23.7. The predicted octanol–water partition coefficient (Wildman–Crippen LogP) is 3.39. The highest BCUT2D eigenvalue weighted by Crippen LogP contribution is 2.18. The van der Waals surface area contributed by atoms with E-state index in [0.717, 1.165) is 16.3 Å². The number of carbonyl (C=O) groups is 2. The number of carbonyl (C=O) groups excluding carboxylic acids is 2. The summed E-state index contributed by atoms with van der Waals surface area (Å²) in [5, 5.41) is 5.85. The van der Waals surface area contributed by atoms with Crippen LogP contribution in [0.4, 0.5) is 0 Å². The molecule has 0 aliphatic rings. The van der Waals surface area contributed by atoms with Gasteiger partial charge in [-0.05, 0) is 34.5 Å². The number of nitrogens with zero attached hydrogens (tertiary/aromatic N) is 1. The molecule has 0 unspecified atom stereocenters. The lowest BCUT2D eigenvalue weighted by Gasteiger charge is -2.04. The van der Waals surface area contributed by atoms with Crippen molar-refractivity contribution in [3.05, 3.63) is 83.4 Å². The van der Waals surface area contributed by atoms with Gasteiger partial charge in [-0.15, -0.1) is 0 Å². The normalized spacial score (nSPS) is 10.8. The fraction of sp³-hybridized carbons (Fsp3) is 0.0500. The summed E-state index contributed by atoms with van der Waals surface area (Å²) < 4.78 is 4.64. The number of fused-ring (bicyclic) bond motifs is 1. The van der Waals surface area contributed by atoms with E-state index in [1.165, 1.54) is 13.3 Å². The molecule has 25 heavy (non-hydrogen) atoms. The number of hydrogen-bond acceptors (Lipinski definition) is 4. The Kier molecular flexibility index (Phi) is 4.85. The smallest absolute Gasteiger partial charge is 0.337 e. The SMILES string of the molecule is COC(=O)c1ccc(/C=N/NC(=O)c2cccc3ccccc23)cc1. The lowest BCUT2D eigenvalue weighted by atomic mass is 10.0. The lowest BCUT2D eigenvalue weighted by molar-refractivity contribution is 0.0600. The third kappa shape index (κ3) is 3.72. The first-order valence-electron chi connectivity index (χ1n) is 7.68. The molecule has 3 rings (SSSR count). The third-order valence-electron chi connectivity index (χ3n) is 3.75. The maximum Gasteiger partial charge on any atom is 0.337 e. The standard InChI is InChI=1S/C20H16N2O3/c1-25-20(24)16-11-9-14(10-12-16)13-21-22-19(23)18-8-4-6-15-5-2-3-7-17(15)18/h2-13H,1H3,(H,22,23)/b21-13+. The topological polar surface area (TPSA) is 67.8 Å². The summed E-state index contributed by atoms with van der Waals surface area (Å²) in [5.74, 6) is -0.674. The largest absolute Gasteiger partial charge is 0.465 e. The van der Waals surface area contributed by atoms with Crippen molar-refractivity contribution in [2.75, 3.05) is 7.11 Å². The first kappa shape index (κ1) is 16.4. The zero-order valence-corrected chi connectivity index (χ0v) is 13.6. The van der Waals surface area contributed by atoms with Gasteiger partial charge in [0.05, 0.1) is 18.9 Å². The molecule has 1 N–H and O–H groups in total. The van der Waals surface area contributed by atoms with Crippen LogP contribution in [0, 0.1) is 0 Å². The molecule has 124 valence electrons. The highest BCUT2D eigenvalue weighted by Gasteiger charge is 2.08. The maximum atomic E-state index is 12.3. The van der Waals surface area contributed by atoms with Crippen molar-refractivity contribution in [2.45, 2.75) is 0 Å². The van der Waals surface area contributed by atoms with Crippen LogP contribution in [0.1, 0.15) is 26.3 Å². The molecule has 0 atom stereocenters. The summed E-state index contributed by atoms with van der Waals surface area (Å²) in [6.07, 6.45) is 1.52. The third-order valence-corrected chi connectivity index (χ3v) is 3.75. The second kappa shape index (κ2) is 7.40. The van der Waals surface area contributed by atoms with Crippen molar-refractivity contribution in [3.63, 3.8) is 0 Å². The van der Waals surface area contributed by atoms with E-state index in [2.05, 4.69) is 15.3 Å². The molecule has 3 aromatic rings. The van der Waals surface area contributed by atoms with Crippen LogP contribution in [-0.2, 0) is 4.74 Å². The molecule has 0 bridgehead atoms. The number of nitrogens with one attached hydrogen (secondary N) is 1. The van der Waals surface area contributed by atoms with Gasteiger partial charge in [0.1, 0.15) is 0 Å². The fourth-order valence-corrected chi connectivity index (χ4v) is 2.47. The molecule has 3 aromatic carbocycles. The van der Waals surface area contributed by atoms with Crippen LogP contribution >= 0.6 is 0 Å². The Hall–Kier alpha value is -3.47. The minimum Gasteiger partial charge on any atom is -0.465 e. The summed E-state index contributed by atoms with van der Waals surface area (Å²) >= 11 is 0. The van der Waals surface area contributed by atoms with Crippen molar-refractivity contribution in [2.24, 2.45) is 5.10 Å². The molecule has 5 heteroatoms. The van der Waals surface area contributed by atoms with Crippen LogP contribution in [0.5, 0.6) is 0 Å². The summed E-state index contributed by atoms with van der Waals surface area (Å²) in [7, 11) is 1.33. The molecule has 0 heterocycles. The Morgan fingerprint density at radius 3 is 2.44 bits per heavy atom. The van der Waals surface area contributed by atoms with Gasteiger partial charge >= 0.3 is 5.97 Å².